The van der Waals surface area contributed by atoms with Crippen molar-refractivity contribution in [1.29, 1.82) is 0 Å². The molecule has 0 unspecified atom stereocenters. The third kappa shape index (κ3) is 3.56. The molecule has 0 bridgehead atoms. The van der Waals surface area contributed by atoms with Crippen LogP contribution in [-0.4, -0.2) is 37.4 Å². The van der Waals surface area contributed by atoms with Crippen LogP contribution in [0.15, 0.2) is 24.3 Å². The number of hydrogen-bond donors (Lipinski definition) is 1. The molecule has 0 aliphatic rings. The molecule has 2 aromatic heterocycles. The van der Waals surface area contributed by atoms with Crippen molar-refractivity contribution in [2.45, 2.75) is 33.7 Å². The van der Waals surface area contributed by atoms with Crippen molar-refractivity contribution >= 4 is 16.9 Å². The highest BCUT2D eigenvalue weighted by atomic mass is 16.2. The molecule has 3 aromatic rings. The van der Waals surface area contributed by atoms with Crippen LogP contribution >= 0.6 is 0 Å². The van der Waals surface area contributed by atoms with Crippen molar-refractivity contribution in [2.75, 3.05) is 6.54 Å². The molecule has 0 aliphatic heterocycles. The van der Waals surface area contributed by atoms with E-state index in [9.17, 15) is 4.79 Å². The molecule has 24 heavy (non-hydrogen) atoms. The average molecular weight is 324 g/mol. The molecule has 0 saturated heterocycles. The SMILES string of the molecule is Cc1ccc2nnc(C(=O)NCCCn3nc(C)cc3C)nc2c1. The van der Waals surface area contributed by atoms with Crippen LogP contribution in [-0.2, 0) is 6.54 Å². The van der Waals surface area contributed by atoms with Gasteiger partial charge in [-0.25, -0.2) is 4.98 Å². The van der Waals surface area contributed by atoms with E-state index in [1.807, 2.05) is 49.7 Å². The lowest BCUT2D eigenvalue weighted by molar-refractivity contribution is 0.0941. The van der Waals surface area contributed by atoms with Gasteiger partial charge in [-0.2, -0.15) is 5.10 Å². The Morgan fingerprint density at radius 2 is 1.96 bits per heavy atom. The second kappa shape index (κ2) is 6.74. The molecule has 1 N–H and O–H groups in total. The van der Waals surface area contributed by atoms with Gasteiger partial charge in [0, 0.05) is 18.8 Å². The Morgan fingerprint density at radius 1 is 1.12 bits per heavy atom. The van der Waals surface area contributed by atoms with Crippen LogP contribution in [0.25, 0.3) is 11.0 Å². The summed E-state index contributed by atoms with van der Waals surface area (Å²) in [4.78, 5) is 16.4. The van der Waals surface area contributed by atoms with E-state index >= 15 is 0 Å². The van der Waals surface area contributed by atoms with Gasteiger partial charge in [0.15, 0.2) is 0 Å². The van der Waals surface area contributed by atoms with Crippen LogP contribution in [0.4, 0.5) is 0 Å². The van der Waals surface area contributed by atoms with Gasteiger partial charge < -0.3 is 5.32 Å². The zero-order valence-electron chi connectivity index (χ0n) is 14.1. The Labute approximate surface area is 140 Å². The number of nitrogens with one attached hydrogen (secondary N) is 1. The molecule has 0 atom stereocenters. The normalized spacial score (nSPS) is 11.0. The highest BCUT2D eigenvalue weighted by Crippen LogP contribution is 2.10. The number of carbonyl (C=O) groups excluding carboxylic acids is 1. The van der Waals surface area contributed by atoms with Crippen LogP contribution < -0.4 is 5.32 Å². The Hall–Kier alpha value is -2.83. The third-order valence-electron chi connectivity index (χ3n) is 3.75. The lowest BCUT2D eigenvalue weighted by atomic mass is 10.2. The minimum absolute atomic E-state index is 0.0965. The maximum atomic E-state index is 12.2. The van der Waals surface area contributed by atoms with Gasteiger partial charge >= 0.3 is 0 Å². The van der Waals surface area contributed by atoms with Crippen molar-refractivity contribution in [3.63, 3.8) is 0 Å². The van der Waals surface area contributed by atoms with Crippen molar-refractivity contribution in [3.8, 4) is 0 Å². The largest absolute Gasteiger partial charge is 0.349 e. The predicted molar refractivity (Wildman–Crippen MR) is 90.7 cm³/mol. The third-order valence-corrected chi connectivity index (χ3v) is 3.75. The summed E-state index contributed by atoms with van der Waals surface area (Å²) in [6.07, 6.45) is 0.786. The van der Waals surface area contributed by atoms with Gasteiger partial charge in [-0.05, 0) is 51.0 Å². The smallest absolute Gasteiger partial charge is 0.291 e. The number of aryl methyl sites for hydroxylation is 4. The standard InChI is InChI=1S/C17H20N6O/c1-11-5-6-14-15(9-11)19-16(21-20-14)17(24)18-7-4-8-23-13(3)10-12(2)22-23/h5-6,9-10H,4,7-8H2,1-3H3,(H,18,24). The minimum Gasteiger partial charge on any atom is -0.349 e. The zero-order valence-corrected chi connectivity index (χ0v) is 14.1. The van der Waals surface area contributed by atoms with E-state index in [1.54, 1.807) is 0 Å². The summed E-state index contributed by atoms with van der Waals surface area (Å²) in [5.41, 5.74) is 4.55. The number of amides is 1. The van der Waals surface area contributed by atoms with Gasteiger partial charge in [0.2, 0.25) is 5.82 Å². The fourth-order valence-electron chi connectivity index (χ4n) is 2.55. The molecule has 0 aliphatic carbocycles. The fourth-order valence-corrected chi connectivity index (χ4v) is 2.55. The van der Waals surface area contributed by atoms with E-state index in [4.69, 9.17) is 0 Å². The van der Waals surface area contributed by atoms with E-state index in [0.29, 0.717) is 17.6 Å². The van der Waals surface area contributed by atoms with E-state index in [2.05, 4.69) is 25.6 Å². The number of aromatic nitrogens is 5. The number of rotatable bonds is 5. The monoisotopic (exact) mass is 324 g/mol. The quantitative estimate of drug-likeness (QED) is 0.725. The molecule has 7 heteroatoms. The maximum Gasteiger partial charge on any atom is 0.291 e. The molecule has 1 aromatic carbocycles. The number of carbonyl (C=O) groups is 1. The molecular formula is C17H20N6O. The summed E-state index contributed by atoms with van der Waals surface area (Å²) in [5, 5.41) is 15.2. The highest BCUT2D eigenvalue weighted by molar-refractivity contribution is 5.91. The lowest BCUT2D eigenvalue weighted by Gasteiger charge is -2.06. The Bertz CT molecular complexity index is 886. The van der Waals surface area contributed by atoms with Gasteiger partial charge in [-0.1, -0.05) is 6.07 Å². The number of fused-ring (bicyclic) bond motifs is 1. The first-order chi connectivity index (χ1) is 11.5. The Balaban J connectivity index is 1.58. The molecule has 7 nitrogen and oxygen atoms in total. The maximum absolute atomic E-state index is 12.2. The fraction of sp³-hybridized carbons (Fsp3) is 0.353. The minimum atomic E-state index is -0.306. The summed E-state index contributed by atoms with van der Waals surface area (Å²) in [6.45, 7) is 7.26. The summed E-state index contributed by atoms with van der Waals surface area (Å²) >= 11 is 0. The van der Waals surface area contributed by atoms with Gasteiger partial charge in [0.25, 0.3) is 5.91 Å². The summed E-state index contributed by atoms with van der Waals surface area (Å²) in [5.74, 6) is -0.210. The van der Waals surface area contributed by atoms with Crippen LogP contribution in [0, 0.1) is 20.8 Å². The van der Waals surface area contributed by atoms with Gasteiger partial charge in [0.1, 0.15) is 5.52 Å². The molecule has 0 radical (unpaired) electrons. The predicted octanol–water partition coefficient (Wildman–Crippen LogP) is 1.97. The second-order valence-electron chi connectivity index (χ2n) is 5.89. The van der Waals surface area contributed by atoms with Crippen molar-refractivity contribution in [2.24, 2.45) is 0 Å². The number of nitrogens with zero attached hydrogens (tertiary/aromatic N) is 5. The van der Waals surface area contributed by atoms with Crippen molar-refractivity contribution in [3.05, 3.63) is 47.0 Å². The van der Waals surface area contributed by atoms with Crippen LogP contribution in [0.2, 0.25) is 0 Å². The van der Waals surface area contributed by atoms with E-state index in [1.165, 1.54) is 0 Å². The molecular weight excluding hydrogens is 304 g/mol. The van der Waals surface area contributed by atoms with Crippen molar-refractivity contribution in [1.82, 2.24) is 30.3 Å². The average Bonchev–Trinajstić information content (AvgIpc) is 2.88. The first-order valence-electron chi connectivity index (χ1n) is 7.93. The molecule has 124 valence electrons. The number of hydrogen-bond acceptors (Lipinski definition) is 5. The van der Waals surface area contributed by atoms with Crippen LogP contribution in [0.1, 0.15) is 34.0 Å². The Kier molecular flexibility index (Phi) is 4.50. The Morgan fingerprint density at radius 3 is 2.71 bits per heavy atom. The lowest BCUT2D eigenvalue weighted by Crippen LogP contribution is -2.27. The molecule has 0 fully saturated rings. The van der Waals surface area contributed by atoms with E-state index in [-0.39, 0.29) is 11.7 Å². The van der Waals surface area contributed by atoms with E-state index < -0.39 is 0 Å². The molecule has 0 saturated carbocycles. The topological polar surface area (TPSA) is 85.6 Å². The molecule has 1 amide bonds. The highest BCUT2D eigenvalue weighted by Gasteiger charge is 2.11. The van der Waals surface area contributed by atoms with Crippen LogP contribution in [0.3, 0.4) is 0 Å². The molecule has 0 spiro atoms. The molecule has 2 heterocycles. The van der Waals surface area contributed by atoms with Crippen LogP contribution in [0.5, 0.6) is 0 Å². The van der Waals surface area contributed by atoms with Gasteiger partial charge in [0.05, 0.1) is 11.2 Å². The molecule has 3 rings (SSSR count). The zero-order chi connectivity index (χ0) is 17.1. The van der Waals surface area contributed by atoms with Gasteiger partial charge in [-0.15, -0.1) is 10.2 Å². The van der Waals surface area contributed by atoms with Crippen molar-refractivity contribution < 1.29 is 4.79 Å². The summed E-state index contributed by atoms with van der Waals surface area (Å²) in [6, 6.07) is 7.72. The van der Waals surface area contributed by atoms with Gasteiger partial charge in [-0.3, -0.25) is 9.48 Å². The number of benzene rings is 1. The first kappa shape index (κ1) is 16.0. The summed E-state index contributed by atoms with van der Waals surface area (Å²) in [7, 11) is 0. The van der Waals surface area contributed by atoms with E-state index in [0.717, 1.165) is 29.9 Å². The summed E-state index contributed by atoms with van der Waals surface area (Å²) < 4.78 is 1.94. The second-order valence-corrected chi connectivity index (χ2v) is 5.89. The first-order valence-corrected chi connectivity index (χ1v) is 7.93.